The summed E-state index contributed by atoms with van der Waals surface area (Å²) in [5.74, 6) is -2.05. The van der Waals surface area contributed by atoms with Crippen LogP contribution in [-0.2, 0) is 0 Å². The Labute approximate surface area is 204 Å². The molecular formula is C27H18N4. The number of para-hydroxylation sites is 2. The molecule has 0 spiro atoms. The second-order valence-corrected chi connectivity index (χ2v) is 6.07. The first-order valence-electron chi connectivity index (χ1n) is 17.8. The molecule has 2 aromatic heterocycles. The minimum absolute atomic E-state index is 0.345. The maximum Gasteiger partial charge on any atom is 0.238 e. The average Bonchev–Trinajstić information content (AvgIpc) is 3.44. The van der Waals surface area contributed by atoms with Gasteiger partial charge in [0.2, 0.25) is 5.95 Å². The molecule has 0 aliphatic rings. The first-order chi connectivity index (χ1) is 22.8. The van der Waals surface area contributed by atoms with Crippen LogP contribution in [0.1, 0.15) is 24.7 Å². The van der Waals surface area contributed by atoms with Gasteiger partial charge in [0.05, 0.1) is 35.7 Å². The summed E-state index contributed by atoms with van der Waals surface area (Å²) < 4.78 is 152. The van der Waals surface area contributed by atoms with Crippen molar-refractivity contribution in [3.63, 3.8) is 0 Å². The Morgan fingerprint density at radius 1 is 0.484 bits per heavy atom. The van der Waals surface area contributed by atoms with E-state index in [4.69, 9.17) is 24.7 Å². The Morgan fingerprint density at radius 2 is 0.903 bits per heavy atom. The molecule has 0 bridgehead atoms. The number of aromatic nitrogens is 4. The van der Waals surface area contributed by atoms with E-state index in [2.05, 4.69) is 15.0 Å². The lowest BCUT2D eigenvalue weighted by Gasteiger charge is -2.10. The predicted octanol–water partition coefficient (Wildman–Crippen LogP) is 6.30. The van der Waals surface area contributed by atoms with Crippen LogP contribution in [0.25, 0.3) is 50.5 Å². The molecule has 2 heterocycles. The van der Waals surface area contributed by atoms with Gasteiger partial charge in [0.25, 0.3) is 0 Å². The van der Waals surface area contributed by atoms with Crippen molar-refractivity contribution in [2.75, 3.05) is 0 Å². The molecule has 0 saturated heterocycles. The molecule has 0 amide bonds. The fourth-order valence-corrected chi connectivity index (χ4v) is 3.03. The van der Waals surface area contributed by atoms with Gasteiger partial charge in [-0.3, -0.25) is 4.57 Å². The minimum Gasteiger partial charge on any atom is -0.278 e. The summed E-state index contributed by atoms with van der Waals surface area (Å²) in [6.07, 6.45) is 0. The molecule has 6 aromatic rings. The number of hydrogen-bond acceptors (Lipinski definition) is 3. The first-order valence-corrected chi connectivity index (χ1v) is 8.76. The minimum atomic E-state index is -0.791. The van der Waals surface area contributed by atoms with Crippen LogP contribution in [0, 0.1) is 0 Å². The number of rotatable bonds is 3. The SMILES string of the molecule is [2H]c1c([2H])c([2H])c(-c2nc(-c3c([2H])c([2H])c([2H])c([2H])c3[2H])nc(-n3c4c([2H])c([2H])c([2H])c([2H])c4c4c([2H])c([2H])c([2H])c([2H])c43)n2)c([2H])c1[2H]. The molecule has 6 rings (SSSR count). The van der Waals surface area contributed by atoms with Crippen LogP contribution in [0.15, 0.2) is 109 Å². The summed E-state index contributed by atoms with van der Waals surface area (Å²) in [6.45, 7) is 0. The molecule has 0 fully saturated rings. The molecule has 0 atom stereocenters. The van der Waals surface area contributed by atoms with Gasteiger partial charge in [-0.05, 0) is 12.1 Å². The first kappa shape index (κ1) is 7.13. The number of nitrogens with zero attached hydrogens (tertiary/aromatic N) is 4. The van der Waals surface area contributed by atoms with E-state index in [1.807, 2.05) is 0 Å². The molecule has 4 aromatic carbocycles. The predicted molar refractivity (Wildman–Crippen MR) is 125 cm³/mol. The summed E-state index contributed by atoms with van der Waals surface area (Å²) in [4.78, 5) is 12.8. The summed E-state index contributed by atoms with van der Waals surface area (Å²) in [6, 6.07) is -13.6. The third-order valence-corrected chi connectivity index (χ3v) is 4.30. The third kappa shape index (κ3) is 2.97. The zero-order valence-corrected chi connectivity index (χ0v) is 15.3. The molecule has 0 saturated carbocycles. The lowest BCUT2D eigenvalue weighted by atomic mass is 10.2. The van der Waals surface area contributed by atoms with Gasteiger partial charge >= 0.3 is 0 Å². The van der Waals surface area contributed by atoms with Crippen molar-refractivity contribution in [1.82, 2.24) is 19.5 Å². The topological polar surface area (TPSA) is 43.6 Å². The van der Waals surface area contributed by atoms with Crippen molar-refractivity contribution < 1.29 is 24.7 Å². The Morgan fingerprint density at radius 3 is 1.39 bits per heavy atom. The molecule has 4 nitrogen and oxygen atoms in total. The van der Waals surface area contributed by atoms with Gasteiger partial charge < -0.3 is 0 Å². The monoisotopic (exact) mass is 416 g/mol. The van der Waals surface area contributed by atoms with E-state index in [0.717, 1.165) is 4.57 Å². The largest absolute Gasteiger partial charge is 0.278 e. The quantitative estimate of drug-likeness (QED) is 0.340. The molecule has 0 aliphatic carbocycles. The van der Waals surface area contributed by atoms with Gasteiger partial charge in [-0.15, -0.1) is 0 Å². The lowest BCUT2D eigenvalue weighted by molar-refractivity contribution is 0.953. The smallest absolute Gasteiger partial charge is 0.238 e. The average molecular weight is 417 g/mol. The molecule has 31 heavy (non-hydrogen) atoms. The van der Waals surface area contributed by atoms with Crippen molar-refractivity contribution in [1.29, 1.82) is 0 Å². The zero-order valence-electron chi connectivity index (χ0n) is 33.3. The van der Waals surface area contributed by atoms with Crippen molar-refractivity contribution in [3.05, 3.63) is 109 Å². The Kier molecular flexibility index (Phi) is 1.65. The van der Waals surface area contributed by atoms with Gasteiger partial charge in [0.15, 0.2) is 11.6 Å². The molecule has 4 heteroatoms. The second kappa shape index (κ2) is 7.18. The fraction of sp³-hybridized carbons (Fsp3) is 0. The molecule has 0 aliphatic heterocycles. The Hall–Kier alpha value is -4.31. The normalized spacial score (nSPS) is 19.4. The highest BCUT2D eigenvalue weighted by atomic mass is 15.2. The third-order valence-electron chi connectivity index (χ3n) is 4.30. The van der Waals surface area contributed by atoms with Gasteiger partial charge in [0.1, 0.15) is 0 Å². The van der Waals surface area contributed by atoms with Crippen LogP contribution >= 0.6 is 0 Å². The van der Waals surface area contributed by atoms with Crippen LogP contribution in [0.4, 0.5) is 0 Å². The number of fused-ring (bicyclic) bond motifs is 3. The summed E-state index contributed by atoms with van der Waals surface area (Å²) in [5, 5.41) is -0.690. The standard InChI is InChI=1S/C27H18N4/c1-3-11-19(12-4-1)25-28-26(20-13-5-2-6-14-20)30-27(29-25)31-23-17-9-7-15-21(23)22-16-8-10-18-24(22)31/h1-18H/i1D,2D,3D,4D,5D,6D,7D,8D,9D,10D,11D,12D,13D,14D,15D,16D,17D,18D. The lowest BCUT2D eigenvalue weighted by Crippen LogP contribution is -2.06. The molecule has 0 unspecified atom stereocenters. The van der Waals surface area contributed by atoms with Crippen LogP contribution < -0.4 is 0 Å². The fourth-order valence-electron chi connectivity index (χ4n) is 3.03. The van der Waals surface area contributed by atoms with E-state index in [-0.39, 0.29) is 10.8 Å². The van der Waals surface area contributed by atoms with Crippen LogP contribution in [0.5, 0.6) is 0 Å². The Bertz CT molecular complexity index is 2270. The van der Waals surface area contributed by atoms with E-state index < -0.39 is 149 Å². The van der Waals surface area contributed by atoms with Gasteiger partial charge in [0, 0.05) is 21.9 Å². The molecular weight excluding hydrogens is 380 g/mol. The molecule has 0 N–H and O–H groups in total. The van der Waals surface area contributed by atoms with Crippen LogP contribution in [0.2, 0.25) is 0 Å². The van der Waals surface area contributed by atoms with Crippen LogP contribution in [0.3, 0.4) is 0 Å². The second-order valence-electron chi connectivity index (χ2n) is 6.07. The summed E-state index contributed by atoms with van der Waals surface area (Å²) in [5.41, 5.74) is -2.07. The van der Waals surface area contributed by atoms with Gasteiger partial charge in [-0.25, -0.2) is 4.98 Å². The summed E-state index contributed by atoms with van der Waals surface area (Å²) >= 11 is 0. The van der Waals surface area contributed by atoms with Crippen molar-refractivity contribution in [2.45, 2.75) is 0 Å². The van der Waals surface area contributed by atoms with Crippen molar-refractivity contribution in [2.24, 2.45) is 0 Å². The summed E-state index contributed by atoms with van der Waals surface area (Å²) in [7, 11) is 0. The van der Waals surface area contributed by atoms with E-state index in [9.17, 15) is 0 Å². The van der Waals surface area contributed by atoms with Gasteiger partial charge in [-0.2, -0.15) is 9.97 Å². The maximum atomic E-state index is 8.77. The van der Waals surface area contributed by atoms with Crippen molar-refractivity contribution in [3.8, 4) is 28.7 Å². The van der Waals surface area contributed by atoms with E-state index in [0.29, 0.717) is 0 Å². The molecule has 146 valence electrons. The number of hydrogen-bond donors (Lipinski definition) is 0. The Balaban J connectivity index is 1.92. The molecule has 0 radical (unpaired) electrons. The van der Waals surface area contributed by atoms with E-state index in [1.165, 1.54) is 0 Å². The van der Waals surface area contributed by atoms with Crippen LogP contribution in [-0.4, -0.2) is 19.5 Å². The zero-order chi connectivity index (χ0) is 36.3. The highest BCUT2D eigenvalue weighted by molar-refractivity contribution is 6.08. The maximum absolute atomic E-state index is 8.77. The highest BCUT2D eigenvalue weighted by Gasteiger charge is 2.16. The van der Waals surface area contributed by atoms with Crippen molar-refractivity contribution >= 4 is 21.8 Å². The van der Waals surface area contributed by atoms with Gasteiger partial charge in [-0.1, -0.05) is 96.7 Å². The number of benzene rings is 4. The van der Waals surface area contributed by atoms with E-state index in [1.54, 1.807) is 0 Å². The highest BCUT2D eigenvalue weighted by Crippen LogP contribution is 2.31. The van der Waals surface area contributed by atoms with E-state index >= 15 is 0 Å².